The summed E-state index contributed by atoms with van der Waals surface area (Å²) in [6.45, 7) is 6.24. The SMILES string of the molecule is COc1cc(N2CCC(N3CC(F)C3)CC2)c(-c2cnn(C)c2)cc1Nc1ncc(Br)c(Nc2ccc3nccnc3c2P(C)(C)=O)n1. The lowest BCUT2D eigenvalue weighted by molar-refractivity contribution is 0.0188. The van der Waals surface area contributed by atoms with Gasteiger partial charge in [-0.1, -0.05) is 0 Å². The maximum absolute atomic E-state index is 13.5. The van der Waals surface area contributed by atoms with E-state index in [4.69, 9.17) is 9.72 Å². The Balaban J connectivity index is 1.20. The number of anilines is 5. The summed E-state index contributed by atoms with van der Waals surface area (Å²) in [6, 6.07) is 8.20. The first-order chi connectivity index (χ1) is 23.1. The van der Waals surface area contributed by atoms with Crippen molar-refractivity contribution in [3.8, 4) is 16.9 Å². The van der Waals surface area contributed by atoms with Crippen LogP contribution in [0.4, 0.5) is 33.2 Å². The molecule has 0 amide bonds. The van der Waals surface area contributed by atoms with Crippen molar-refractivity contribution in [3.05, 3.63) is 59.7 Å². The first kappa shape index (κ1) is 32.4. The van der Waals surface area contributed by atoms with E-state index >= 15 is 0 Å². The van der Waals surface area contributed by atoms with E-state index in [9.17, 15) is 8.96 Å². The van der Waals surface area contributed by atoms with Gasteiger partial charge in [0.25, 0.3) is 0 Å². The summed E-state index contributed by atoms with van der Waals surface area (Å²) in [5.41, 5.74) is 5.59. The minimum absolute atomic E-state index is 0.337. The third-order valence-electron chi connectivity index (χ3n) is 8.92. The number of aryl methyl sites for hydroxylation is 1. The van der Waals surface area contributed by atoms with E-state index < -0.39 is 13.3 Å². The fraction of sp³-hybridized carbons (Fsp3) is 0.364. The highest BCUT2D eigenvalue weighted by atomic mass is 79.9. The molecule has 5 aromatic rings. The number of ether oxygens (including phenoxy) is 1. The van der Waals surface area contributed by atoms with E-state index in [1.807, 2.05) is 43.7 Å². The molecule has 5 heterocycles. The van der Waals surface area contributed by atoms with Crippen molar-refractivity contribution in [1.29, 1.82) is 0 Å². The first-order valence-corrected chi connectivity index (χ1v) is 19.2. The second-order valence-corrected chi connectivity index (χ2v) is 16.6. The minimum Gasteiger partial charge on any atom is -0.494 e. The Bertz CT molecular complexity index is 2020. The second-order valence-electron chi connectivity index (χ2n) is 12.6. The van der Waals surface area contributed by atoms with Gasteiger partial charge >= 0.3 is 0 Å². The molecule has 2 saturated heterocycles. The van der Waals surface area contributed by atoms with E-state index in [1.54, 1.807) is 43.7 Å². The Labute approximate surface area is 286 Å². The van der Waals surface area contributed by atoms with Gasteiger partial charge in [-0.2, -0.15) is 10.1 Å². The fourth-order valence-corrected chi connectivity index (χ4v) is 8.23. The largest absolute Gasteiger partial charge is 0.494 e. The topological polar surface area (TPSA) is 126 Å². The molecule has 2 aromatic carbocycles. The molecule has 0 aliphatic carbocycles. The van der Waals surface area contributed by atoms with Gasteiger partial charge in [-0.3, -0.25) is 19.5 Å². The van der Waals surface area contributed by atoms with Gasteiger partial charge in [-0.25, -0.2) is 9.37 Å². The number of aromatic nitrogens is 6. The standard InChI is InChI=1S/C33H37BrFN10O2P/c1-43-17-20(15-39-43)23-13-27(29(47-2)14-28(23)44-11-7-22(8-12-44)45-18-21(35)19-45)41-33-38-16-24(34)32(42-33)40-26-6-5-25-30(37-10-9-36-25)31(26)48(3,4)46/h5-6,9-10,13-17,21-22H,7-8,11-12,18-19H2,1-4H3,(H2,38,40,41,42). The molecule has 2 aliphatic rings. The molecule has 2 N–H and O–H groups in total. The average Bonchev–Trinajstić information content (AvgIpc) is 3.50. The van der Waals surface area contributed by atoms with Crippen molar-refractivity contribution in [3.63, 3.8) is 0 Å². The van der Waals surface area contributed by atoms with Gasteiger partial charge < -0.3 is 24.8 Å². The van der Waals surface area contributed by atoms with Crippen LogP contribution < -0.4 is 25.6 Å². The Kier molecular flexibility index (Phi) is 8.82. The Morgan fingerprint density at radius 2 is 1.79 bits per heavy atom. The summed E-state index contributed by atoms with van der Waals surface area (Å²) in [4.78, 5) is 22.8. The second kappa shape index (κ2) is 13.1. The van der Waals surface area contributed by atoms with Gasteiger partial charge in [-0.15, -0.1) is 0 Å². The van der Waals surface area contributed by atoms with E-state index in [0.717, 1.165) is 42.7 Å². The number of likely N-dealkylation sites (tertiary alicyclic amines) is 1. The number of hydrogen-bond acceptors (Lipinski definition) is 11. The molecule has 3 aromatic heterocycles. The summed E-state index contributed by atoms with van der Waals surface area (Å²) in [5, 5.41) is 11.8. The highest BCUT2D eigenvalue weighted by Crippen LogP contribution is 2.43. The molecule has 7 rings (SSSR count). The van der Waals surface area contributed by atoms with Crippen LogP contribution in [-0.2, 0) is 11.6 Å². The monoisotopic (exact) mass is 734 g/mol. The van der Waals surface area contributed by atoms with Crippen molar-refractivity contribution >= 4 is 68.2 Å². The number of rotatable bonds is 9. The van der Waals surface area contributed by atoms with Crippen LogP contribution in [0.25, 0.3) is 22.2 Å². The Hall–Kier alpha value is -4.13. The van der Waals surface area contributed by atoms with Gasteiger partial charge in [0.15, 0.2) is 0 Å². The molecule has 0 spiro atoms. The van der Waals surface area contributed by atoms with Crippen molar-refractivity contribution < 1.29 is 13.7 Å². The highest BCUT2D eigenvalue weighted by molar-refractivity contribution is 9.10. The summed E-state index contributed by atoms with van der Waals surface area (Å²) >= 11 is 3.58. The third-order valence-corrected chi connectivity index (χ3v) is 11.0. The maximum Gasteiger partial charge on any atom is 0.229 e. The van der Waals surface area contributed by atoms with Crippen LogP contribution in [0.3, 0.4) is 0 Å². The predicted molar refractivity (Wildman–Crippen MR) is 192 cm³/mol. The number of halogens is 2. The molecule has 15 heteroatoms. The van der Waals surface area contributed by atoms with Crippen LogP contribution in [0.2, 0.25) is 0 Å². The van der Waals surface area contributed by atoms with Crippen molar-refractivity contribution in [2.75, 3.05) is 62.2 Å². The van der Waals surface area contributed by atoms with Crippen LogP contribution in [-0.4, -0.2) is 93.4 Å². The lowest BCUT2D eigenvalue weighted by Crippen LogP contribution is -2.56. The molecule has 0 saturated carbocycles. The van der Waals surface area contributed by atoms with Gasteiger partial charge in [0.05, 0.1) is 40.0 Å². The Morgan fingerprint density at radius 3 is 2.48 bits per heavy atom. The summed E-state index contributed by atoms with van der Waals surface area (Å²) in [7, 11) is 0.768. The lowest BCUT2D eigenvalue weighted by Gasteiger charge is -2.45. The molecule has 0 radical (unpaired) electrons. The molecule has 2 fully saturated rings. The Morgan fingerprint density at radius 1 is 1.02 bits per heavy atom. The first-order valence-electron chi connectivity index (χ1n) is 15.8. The van der Waals surface area contributed by atoms with Crippen LogP contribution in [0.15, 0.2) is 59.7 Å². The zero-order valence-electron chi connectivity index (χ0n) is 27.2. The number of fused-ring (bicyclic) bond motifs is 1. The zero-order valence-corrected chi connectivity index (χ0v) is 29.7. The maximum atomic E-state index is 13.5. The molecule has 0 atom stereocenters. The van der Waals surface area contributed by atoms with Crippen molar-refractivity contribution in [2.24, 2.45) is 7.05 Å². The van der Waals surface area contributed by atoms with Gasteiger partial charge in [0.2, 0.25) is 5.95 Å². The molecule has 12 nitrogen and oxygen atoms in total. The average molecular weight is 736 g/mol. The number of hydrogen-bond donors (Lipinski definition) is 2. The summed E-state index contributed by atoms with van der Waals surface area (Å²) in [6.07, 6.45) is 9.98. The van der Waals surface area contributed by atoms with Crippen LogP contribution >= 0.6 is 23.1 Å². The molecule has 0 bridgehead atoms. The molecule has 0 unspecified atom stereocenters. The number of piperidine rings is 1. The van der Waals surface area contributed by atoms with Gasteiger partial charge in [0.1, 0.15) is 30.4 Å². The van der Waals surface area contributed by atoms with Crippen LogP contribution in [0, 0.1) is 0 Å². The molecule has 2 aliphatic heterocycles. The normalized spacial score (nSPS) is 16.2. The summed E-state index contributed by atoms with van der Waals surface area (Å²) < 4.78 is 35.3. The lowest BCUT2D eigenvalue weighted by atomic mass is 9.97. The van der Waals surface area contributed by atoms with E-state index in [2.05, 4.69) is 56.4 Å². The van der Waals surface area contributed by atoms with Gasteiger partial charge in [0, 0.05) is 86.9 Å². The fourth-order valence-electron chi connectivity index (χ4n) is 6.55. The molecular weight excluding hydrogens is 698 g/mol. The van der Waals surface area contributed by atoms with E-state index in [1.165, 1.54) is 0 Å². The highest BCUT2D eigenvalue weighted by Gasteiger charge is 2.34. The van der Waals surface area contributed by atoms with Crippen molar-refractivity contribution in [2.45, 2.75) is 25.1 Å². The smallest absolute Gasteiger partial charge is 0.229 e. The number of benzene rings is 2. The van der Waals surface area contributed by atoms with E-state index in [-0.39, 0.29) is 0 Å². The third kappa shape index (κ3) is 6.48. The molecule has 250 valence electrons. The van der Waals surface area contributed by atoms with Crippen molar-refractivity contribution in [1.82, 2.24) is 34.6 Å². The number of methoxy groups -OCH3 is 1. The molecular formula is C33H37BrFN10O2P. The number of nitrogens with zero attached hydrogens (tertiary/aromatic N) is 8. The quantitative estimate of drug-likeness (QED) is 0.175. The van der Waals surface area contributed by atoms with Crippen LogP contribution in [0.5, 0.6) is 5.75 Å². The zero-order chi connectivity index (χ0) is 33.6. The van der Waals surface area contributed by atoms with Crippen LogP contribution in [0.1, 0.15) is 12.8 Å². The predicted octanol–water partition coefficient (Wildman–Crippen LogP) is 5.95. The minimum atomic E-state index is -2.77. The van der Waals surface area contributed by atoms with E-state index in [0.29, 0.717) is 68.8 Å². The number of alkyl halides is 1. The number of nitrogens with one attached hydrogen (secondary N) is 2. The van der Waals surface area contributed by atoms with Gasteiger partial charge in [-0.05, 0) is 60.3 Å². The molecule has 48 heavy (non-hydrogen) atoms. The summed E-state index contributed by atoms with van der Waals surface area (Å²) in [5.74, 6) is 1.46.